The van der Waals surface area contributed by atoms with Gasteiger partial charge in [0.25, 0.3) is 0 Å². The second kappa shape index (κ2) is 5.53. The van der Waals surface area contributed by atoms with E-state index in [0.29, 0.717) is 17.9 Å². The van der Waals surface area contributed by atoms with E-state index in [9.17, 15) is 4.79 Å². The van der Waals surface area contributed by atoms with Gasteiger partial charge in [0.05, 0.1) is 0 Å². The van der Waals surface area contributed by atoms with Crippen molar-refractivity contribution in [1.29, 1.82) is 0 Å². The monoisotopic (exact) mass is 211 g/mol. The lowest BCUT2D eigenvalue weighted by Gasteiger charge is -2.21. The highest BCUT2D eigenvalue weighted by molar-refractivity contribution is 5.78. The topological polar surface area (TPSA) is 20.3 Å². The van der Waals surface area contributed by atoms with E-state index in [4.69, 9.17) is 0 Å². The fourth-order valence-corrected chi connectivity index (χ4v) is 2.65. The number of carbonyl (C=O) groups excluding carboxylic acids is 1. The van der Waals surface area contributed by atoms with Gasteiger partial charge in [-0.1, -0.05) is 26.7 Å². The van der Waals surface area contributed by atoms with Gasteiger partial charge in [-0.3, -0.25) is 4.79 Å². The lowest BCUT2D eigenvalue weighted by molar-refractivity contribution is -0.129. The Kier molecular flexibility index (Phi) is 4.62. The maximum Gasteiger partial charge on any atom is 0.223 e. The third kappa shape index (κ3) is 3.51. The molecule has 0 N–H and O–H groups in total. The van der Waals surface area contributed by atoms with Crippen LogP contribution in [0.3, 0.4) is 0 Å². The lowest BCUT2D eigenvalue weighted by atomic mass is 9.92. The predicted octanol–water partition coefficient (Wildman–Crippen LogP) is 3.07. The second-order valence-corrected chi connectivity index (χ2v) is 5.34. The molecule has 0 aromatic carbocycles. The van der Waals surface area contributed by atoms with Crippen molar-refractivity contribution in [2.45, 2.75) is 59.4 Å². The molecule has 0 saturated carbocycles. The minimum atomic E-state index is 0.360. The van der Waals surface area contributed by atoms with Crippen LogP contribution in [0.25, 0.3) is 0 Å². The average molecular weight is 211 g/mol. The number of hydrogen-bond donors (Lipinski definition) is 0. The first-order chi connectivity index (χ1) is 7.04. The molecule has 0 aromatic rings. The Balaban J connectivity index is 2.38. The largest absolute Gasteiger partial charge is 0.340 e. The molecule has 0 bridgehead atoms. The molecule has 88 valence electrons. The summed E-state index contributed by atoms with van der Waals surface area (Å²) in [6, 6.07) is 0.379. The standard InChI is InChI=1S/C13H25NO/c1-5-6-11(4)7-12-8-13(15)14(9-12)10(2)3/h10-12H,5-9H2,1-4H3. The van der Waals surface area contributed by atoms with Gasteiger partial charge in [0, 0.05) is 19.0 Å². The first kappa shape index (κ1) is 12.5. The van der Waals surface area contributed by atoms with Crippen molar-refractivity contribution in [3.63, 3.8) is 0 Å². The summed E-state index contributed by atoms with van der Waals surface area (Å²) in [5.41, 5.74) is 0. The molecule has 15 heavy (non-hydrogen) atoms. The van der Waals surface area contributed by atoms with E-state index in [1.54, 1.807) is 0 Å². The van der Waals surface area contributed by atoms with Crippen LogP contribution in [-0.2, 0) is 4.79 Å². The van der Waals surface area contributed by atoms with Crippen LogP contribution in [0, 0.1) is 11.8 Å². The van der Waals surface area contributed by atoms with Crippen LogP contribution >= 0.6 is 0 Å². The first-order valence-corrected chi connectivity index (χ1v) is 6.34. The Labute approximate surface area is 94.0 Å². The normalized spacial score (nSPS) is 23.9. The molecular formula is C13H25NO. The summed E-state index contributed by atoms with van der Waals surface area (Å²) in [4.78, 5) is 13.7. The van der Waals surface area contributed by atoms with Crippen molar-refractivity contribution in [3.05, 3.63) is 0 Å². The van der Waals surface area contributed by atoms with E-state index >= 15 is 0 Å². The minimum absolute atomic E-state index is 0.360. The van der Waals surface area contributed by atoms with Gasteiger partial charge >= 0.3 is 0 Å². The zero-order valence-corrected chi connectivity index (χ0v) is 10.6. The number of carbonyl (C=O) groups is 1. The third-order valence-electron chi connectivity index (χ3n) is 3.38. The smallest absolute Gasteiger partial charge is 0.223 e. The highest BCUT2D eigenvalue weighted by Gasteiger charge is 2.31. The molecule has 0 spiro atoms. The van der Waals surface area contributed by atoms with Crippen LogP contribution < -0.4 is 0 Å². The summed E-state index contributed by atoms with van der Waals surface area (Å²) in [6.45, 7) is 9.75. The first-order valence-electron chi connectivity index (χ1n) is 6.34. The summed E-state index contributed by atoms with van der Waals surface area (Å²) in [6.07, 6.45) is 4.57. The predicted molar refractivity (Wildman–Crippen MR) is 63.6 cm³/mol. The van der Waals surface area contributed by atoms with Gasteiger partial charge < -0.3 is 4.90 Å². The van der Waals surface area contributed by atoms with E-state index in [-0.39, 0.29) is 0 Å². The van der Waals surface area contributed by atoms with Crippen LogP contribution in [-0.4, -0.2) is 23.4 Å². The molecule has 0 aliphatic carbocycles. The molecule has 1 fully saturated rings. The van der Waals surface area contributed by atoms with E-state index in [1.807, 2.05) is 4.90 Å². The summed E-state index contributed by atoms with van der Waals surface area (Å²) in [5.74, 6) is 1.75. The highest BCUT2D eigenvalue weighted by Crippen LogP contribution is 2.27. The molecule has 1 saturated heterocycles. The van der Waals surface area contributed by atoms with E-state index in [0.717, 1.165) is 18.9 Å². The van der Waals surface area contributed by atoms with Crippen molar-refractivity contribution >= 4 is 5.91 Å². The number of rotatable bonds is 5. The molecule has 1 rings (SSSR count). The van der Waals surface area contributed by atoms with Gasteiger partial charge in [-0.15, -0.1) is 0 Å². The number of likely N-dealkylation sites (tertiary alicyclic amines) is 1. The summed E-state index contributed by atoms with van der Waals surface area (Å²) < 4.78 is 0. The van der Waals surface area contributed by atoms with Crippen molar-refractivity contribution < 1.29 is 4.79 Å². The third-order valence-corrected chi connectivity index (χ3v) is 3.38. The molecule has 2 heteroatoms. The van der Waals surface area contributed by atoms with Crippen LogP contribution in [0.1, 0.15) is 53.4 Å². The van der Waals surface area contributed by atoms with Gasteiger partial charge in [-0.25, -0.2) is 0 Å². The van der Waals surface area contributed by atoms with Gasteiger partial charge in [-0.2, -0.15) is 0 Å². The minimum Gasteiger partial charge on any atom is -0.340 e. The molecule has 2 unspecified atom stereocenters. The molecule has 1 aliphatic rings. The Hall–Kier alpha value is -0.530. The average Bonchev–Trinajstić information content (AvgIpc) is 2.47. The van der Waals surface area contributed by atoms with Crippen LogP contribution in [0.4, 0.5) is 0 Å². The maximum atomic E-state index is 11.7. The molecule has 0 aromatic heterocycles. The van der Waals surface area contributed by atoms with Crippen LogP contribution in [0.15, 0.2) is 0 Å². The van der Waals surface area contributed by atoms with Gasteiger partial charge in [0.1, 0.15) is 0 Å². The molecule has 0 radical (unpaired) electrons. The Morgan fingerprint density at radius 2 is 2.07 bits per heavy atom. The second-order valence-electron chi connectivity index (χ2n) is 5.34. The van der Waals surface area contributed by atoms with Crippen molar-refractivity contribution in [1.82, 2.24) is 4.90 Å². The molecule has 1 heterocycles. The SMILES string of the molecule is CCCC(C)CC1CC(=O)N(C(C)C)C1. The number of hydrogen-bond acceptors (Lipinski definition) is 1. The number of amides is 1. The Bertz CT molecular complexity index is 213. The van der Waals surface area contributed by atoms with Crippen LogP contribution in [0.5, 0.6) is 0 Å². The molecular weight excluding hydrogens is 186 g/mol. The summed E-state index contributed by atoms with van der Waals surface area (Å²) >= 11 is 0. The quantitative estimate of drug-likeness (QED) is 0.684. The highest BCUT2D eigenvalue weighted by atomic mass is 16.2. The van der Waals surface area contributed by atoms with Crippen molar-refractivity contribution in [2.24, 2.45) is 11.8 Å². The molecule has 2 atom stereocenters. The van der Waals surface area contributed by atoms with E-state index < -0.39 is 0 Å². The summed E-state index contributed by atoms with van der Waals surface area (Å²) in [7, 11) is 0. The van der Waals surface area contributed by atoms with Crippen molar-refractivity contribution in [2.75, 3.05) is 6.54 Å². The molecule has 2 nitrogen and oxygen atoms in total. The van der Waals surface area contributed by atoms with Crippen molar-refractivity contribution in [3.8, 4) is 0 Å². The molecule has 1 amide bonds. The molecule has 1 aliphatic heterocycles. The lowest BCUT2D eigenvalue weighted by Crippen LogP contribution is -2.32. The Morgan fingerprint density at radius 3 is 2.53 bits per heavy atom. The summed E-state index contributed by atoms with van der Waals surface area (Å²) in [5, 5.41) is 0. The maximum absolute atomic E-state index is 11.7. The fraction of sp³-hybridized carbons (Fsp3) is 0.923. The van der Waals surface area contributed by atoms with Gasteiger partial charge in [-0.05, 0) is 32.1 Å². The number of nitrogens with zero attached hydrogens (tertiary/aromatic N) is 1. The van der Waals surface area contributed by atoms with Crippen LogP contribution in [0.2, 0.25) is 0 Å². The fourth-order valence-electron chi connectivity index (χ4n) is 2.65. The van der Waals surface area contributed by atoms with Gasteiger partial charge in [0.2, 0.25) is 5.91 Å². The zero-order valence-electron chi connectivity index (χ0n) is 10.6. The van der Waals surface area contributed by atoms with E-state index in [2.05, 4.69) is 27.7 Å². The van der Waals surface area contributed by atoms with E-state index in [1.165, 1.54) is 19.3 Å². The zero-order chi connectivity index (χ0) is 11.4. The Morgan fingerprint density at radius 1 is 1.40 bits per heavy atom. The van der Waals surface area contributed by atoms with Gasteiger partial charge in [0.15, 0.2) is 0 Å².